The summed E-state index contributed by atoms with van der Waals surface area (Å²) in [5, 5.41) is 2.73. The van der Waals surface area contributed by atoms with Crippen LogP contribution in [0.15, 0.2) is 51.8 Å². The maximum Gasteiger partial charge on any atom is 0.255 e. The zero-order valence-electron chi connectivity index (χ0n) is 9.15. The predicted molar refractivity (Wildman–Crippen MR) is 75.7 cm³/mol. The Kier molecular flexibility index (Phi) is 4.04. The summed E-state index contributed by atoms with van der Waals surface area (Å²) in [6.07, 6.45) is 0. The lowest BCUT2D eigenvalue weighted by atomic mass is 10.2. The van der Waals surface area contributed by atoms with Crippen LogP contribution in [-0.2, 0) is 0 Å². The molecule has 0 saturated heterocycles. The van der Waals surface area contributed by atoms with Gasteiger partial charge < -0.3 is 5.32 Å². The first-order chi connectivity index (χ1) is 8.58. The Morgan fingerprint density at radius 3 is 2.61 bits per heavy atom. The van der Waals surface area contributed by atoms with Crippen molar-refractivity contribution in [2.75, 3.05) is 5.32 Å². The number of benzene rings is 2. The Balaban J connectivity index is 2.22. The van der Waals surface area contributed by atoms with E-state index in [2.05, 4.69) is 33.9 Å². The highest BCUT2D eigenvalue weighted by Crippen LogP contribution is 2.22. The van der Waals surface area contributed by atoms with E-state index in [0.717, 1.165) is 4.47 Å². The fraction of sp³-hybridized carbons (Fsp3) is 0. The van der Waals surface area contributed by atoms with Crippen molar-refractivity contribution in [3.05, 3.63) is 58.3 Å². The number of thiol groups is 1. The molecule has 0 radical (unpaired) electrons. The average molecular weight is 326 g/mol. The van der Waals surface area contributed by atoms with Crippen molar-refractivity contribution < 1.29 is 9.18 Å². The van der Waals surface area contributed by atoms with Crippen LogP contribution in [0.25, 0.3) is 0 Å². The number of carbonyl (C=O) groups is 1. The lowest BCUT2D eigenvalue weighted by Crippen LogP contribution is -2.12. The summed E-state index contributed by atoms with van der Waals surface area (Å²) in [6, 6.07) is 11.3. The van der Waals surface area contributed by atoms with Crippen LogP contribution in [-0.4, -0.2) is 5.91 Å². The van der Waals surface area contributed by atoms with Crippen molar-refractivity contribution in [1.82, 2.24) is 0 Å². The first-order valence-corrected chi connectivity index (χ1v) is 6.36. The summed E-state index contributed by atoms with van der Waals surface area (Å²) >= 11 is 7.28. The molecule has 0 aliphatic heterocycles. The number of hydrogen-bond donors (Lipinski definition) is 2. The molecule has 0 saturated carbocycles. The van der Waals surface area contributed by atoms with Crippen molar-refractivity contribution in [3.8, 4) is 0 Å². The molecule has 0 heterocycles. The molecule has 2 rings (SSSR count). The number of amides is 1. The minimum atomic E-state index is -0.448. The summed E-state index contributed by atoms with van der Waals surface area (Å²) in [7, 11) is 0. The average Bonchev–Trinajstić information content (AvgIpc) is 2.35. The second-order valence-electron chi connectivity index (χ2n) is 3.60. The van der Waals surface area contributed by atoms with Crippen molar-refractivity contribution in [2.45, 2.75) is 4.90 Å². The van der Waals surface area contributed by atoms with Gasteiger partial charge in [-0.25, -0.2) is 4.39 Å². The number of anilines is 1. The number of carbonyl (C=O) groups excluding carboxylic acids is 1. The molecule has 0 aliphatic carbocycles. The van der Waals surface area contributed by atoms with Gasteiger partial charge in [-0.1, -0.05) is 12.1 Å². The van der Waals surface area contributed by atoms with Gasteiger partial charge in [-0.2, -0.15) is 0 Å². The molecule has 0 atom stereocenters. The maximum absolute atomic E-state index is 13.0. The molecule has 0 fully saturated rings. The molecule has 0 aliphatic rings. The Morgan fingerprint density at radius 2 is 1.94 bits per heavy atom. The monoisotopic (exact) mass is 325 g/mol. The molecule has 92 valence electrons. The van der Waals surface area contributed by atoms with Gasteiger partial charge in [0.1, 0.15) is 5.82 Å². The first-order valence-electron chi connectivity index (χ1n) is 5.12. The molecule has 5 heteroatoms. The normalized spacial score (nSPS) is 10.2. The number of hydrogen-bond acceptors (Lipinski definition) is 2. The SMILES string of the molecule is O=C(Nc1ccccc1Br)c1ccc(F)c(S)c1. The van der Waals surface area contributed by atoms with E-state index in [0.29, 0.717) is 11.3 Å². The molecular weight excluding hydrogens is 317 g/mol. The van der Waals surface area contributed by atoms with Gasteiger partial charge in [0.2, 0.25) is 0 Å². The molecule has 2 aromatic rings. The fourth-order valence-corrected chi connectivity index (χ4v) is 2.01. The van der Waals surface area contributed by atoms with Crippen LogP contribution >= 0.6 is 28.6 Å². The van der Waals surface area contributed by atoms with Crippen LogP contribution in [0, 0.1) is 5.82 Å². The van der Waals surface area contributed by atoms with E-state index in [1.54, 1.807) is 6.07 Å². The van der Waals surface area contributed by atoms with Crippen molar-refractivity contribution >= 4 is 40.2 Å². The lowest BCUT2D eigenvalue weighted by Gasteiger charge is -2.07. The van der Waals surface area contributed by atoms with Crippen LogP contribution in [0.3, 0.4) is 0 Å². The van der Waals surface area contributed by atoms with Gasteiger partial charge in [0.25, 0.3) is 5.91 Å². The standard InChI is InChI=1S/C13H9BrFNOS/c14-9-3-1-2-4-11(9)16-13(17)8-5-6-10(15)12(18)7-8/h1-7,18H,(H,16,17). The molecule has 2 nitrogen and oxygen atoms in total. The van der Waals surface area contributed by atoms with Crippen LogP contribution in [0.4, 0.5) is 10.1 Å². The third-order valence-electron chi connectivity index (χ3n) is 2.33. The van der Waals surface area contributed by atoms with E-state index in [-0.39, 0.29) is 10.8 Å². The Bertz CT molecular complexity index is 603. The van der Waals surface area contributed by atoms with Gasteiger partial charge >= 0.3 is 0 Å². The maximum atomic E-state index is 13.0. The molecule has 18 heavy (non-hydrogen) atoms. The quantitative estimate of drug-likeness (QED) is 0.799. The van der Waals surface area contributed by atoms with Gasteiger partial charge in [-0.3, -0.25) is 4.79 Å². The van der Waals surface area contributed by atoms with Gasteiger partial charge in [0.05, 0.1) is 5.69 Å². The largest absolute Gasteiger partial charge is 0.321 e. The first kappa shape index (κ1) is 13.1. The van der Waals surface area contributed by atoms with Crippen LogP contribution < -0.4 is 5.32 Å². The molecule has 0 aromatic heterocycles. The Morgan fingerprint density at radius 1 is 1.22 bits per heavy atom. The van der Waals surface area contributed by atoms with Crippen LogP contribution in [0.1, 0.15) is 10.4 Å². The number of nitrogens with one attached hydrogen (secondary N) is 1. The fourth-order valence-electron chi connectivity index (χ4n) is 1.41. The Hall–Kier alpha value is -1.33. The van der Waals surface area contributed by atoms with E-state index >= 15 is 0 Å². The molecule has 0 unspecified atom stereocenters. The minimum Gasteiger partial charge on any atom is -0.321 e. The van der Waals surface area contributed by atoms with E-state index < -0.39 is 5.82 Å². The summed E-state index contributed by atoms with van der Waals surface area (Å²) in [5.74, 6) is -0.757. The van der Waals surface area contributed by atoms with E-state index in [9.17, 15) is 9.18 Å². The molecule has 0 spiro atoms. The highest BCUT2D eigenvalue weighted by molar-refractivity contribution is 9.10. The van der Waals surface area contributed by atoms with Gasteiger partial charge in [0, 0.05) is 14.9 Å². The van der Waals surface area contributed by atoms with Gasteiger partial charge in [-0.15, -0.1) is 12.6 Å². The molecule has 0 bridgehead atoms. The van der Waals surface area contributed by atoms with E-state index in [4.69, 9.17) is 0 Å². The summed E-state index contributed by atoms with van der Waals surface area (Å²) in [4.78, 5) is 12.1. The molecule has 1 amide bonds. The summed E-state index contributed by atoms with van der Waals surface area (Å²) in [5.41, 5.74) is 1.02. The minimum absolute atomic E-state index is 0.148. The second kappa shape index (κ2) is 5.54. The molecule has 2 aromatic carbocycles. The van der Waals surface area contributed by atoms with Crippen LogP contribution in [0.2, 0.25) is 0 Å². The van der Waals surface area contributed by atoms with E-state index in [1.165, 1.54) is 18.2 Å². The zero-order valence-corrected chi connectivity index (χ0v) is 11.6. The number of para-hydroxylation sites is 1. The molecule has 1 N–H and O–H groups in total. The smallest absolute Gasteiger partial charge is 0.255 e. The third kappa shape index (κ3) is 2.91. The van der Waals surface area contributed by atoms with Gasteiger partial charge in [-0.05, 0) is 46.3 Å². The summed E-state index contributed by atoms with van der Waals surface area (Å²) in [6.45, 7) is 0. The van der Waals surface area contributed by atoms with E-state index in [1.807, 2.05) is 18.2 Å². The second-order valence-corrected chi connectivity index (χ2v) is 4.94. The highest BCUT2D eigenvalue weighted by atomic mass is 79.9. The van der Waals surface area contributed by atoms with Crippen LogP contribution in [0.5, 0.6) is 0 Å². The topological polar surface area (TPSA) is 29.1 Å². The summed E-state index contributed by atoms with van der Waals surface area (Å²) < 4.78 is 13.8. The van der Waals surface area contributed by atoms with Gasteiger partial charge in [0.15, 0.2) is 0 Å². The lowest BCUT2D eigenvalue weighted by molar-refractivity contribution is 0.102. The van der Waals surface area contributed by atoms with Crippen molar-refractivity contribution in [1.29, 1.82) is 0 Å². The number of rotatable bonds is 2. The molecular formula is C13H9BrFNOS. The highest BCUT2D eigenvalue weighted by Gasteiger charge is 2.09. The number of halogens is 2. The predicted octanol–water partition coefficient (Wildman–Crippen LogP) is 4.13. The van der Waals surface area contributed by atoms with Crippen molar-refractivity contribution in [2.24, 2.45) is 0 Å². The Labute approximate surface area is 118 Å². The van der Waals surface area contributed by atoms with Crippen molar-refractivity contribution in [3.63, 3.8) is 0 Å². The third-order valence-corrected chi connectivity index (χ3v) is 3.36. The zero-order chi connectivity index (χ0) is 13.1.